The van der Waals surface area contributed by atoms with Crippen molar-refractivity contribution in [2.45, 2.75) is 19.9 Å². The zero-order chi connectivity index (χ0) is 13.5. The van der Waals surface area contributed by atoms with Crippen LogP contribution in [-0.2, 0) is 11.3 Å². The predicted octanol–water partition coefficient (Wildman–Crippen LogP) is 2.68. The normalized spacial score (nSPS) is 9.67. The Morgan fingerprint density at radius 1 is 1.56 bits per heavy atom. The third-order valence-corrected chi connectivity index (χ3v) is 2.32. The summed E-state index contributed by atoms with van der Waals surface area (Å²) in [5.41, 5.74) is 0.659. The highest BCUT2D eigenvalue weighted by atomic mass is 19.1. The Morgan fingerprint density at radius 3 is 2.89 bits per heavy atom. The number of halogens is 1. The summed E-state index contributed by atoms with van der Waals surface area (Å²) in [6.07, 6.45) is 0.233. The molecule has 0 aliphatic carbocycles. The smallest absolute Gasteiger partial charge is 0.409 e. The number of benzene rings is 1. The van der Waals surface area contributed by atoms with E-state index in [1.54, 1.807) is 0 Å². The summed E-state index contributed by atoms with van der Waals surface area (Å²) in [6, 6.07) is 5.98. The molecule has 0 aliphatic rings. The fourth-order valence-corrected chi connectivity index (χ4v) is 1.39. The minimum absolute atomic E-state index is 0.0733. The molecule has 0 N–H and O–H groups in total. The van der Waals surface area contributed by atoms with Crippen molar-refractivity contribution in [1.82, 2.24) is 4.90 Å². The minimum Gasteiger partial charge on any atom is -0.449 e. The van der Waals surface area contributed by atoms with Gasteiger partial charge in [-0.25, -0.2) is 9.18 Å². The molecule has 0 heterocycles. The van der Waals surface area contributed by atoms with Crippen molar-refractivity contribution in [3.05, 3.63) is 35.1 Å². The lowest BCUT2D eigenvalue weighted by atomic mass is 10.1. The zero-order valence-electron chi connectivity index (χ0n) is 10.4. The van der Waals surface area contributed by atoms with Gasteiger partial charge in [0, 0.05) is 12.6 Å². The van der Waals surface area contributed by atoms with Crippen molar-refractivity contribution >= 4 is 6.09 Å². The molecule has 0 saturated heterocycles. The molecule has 1 amide bonds. The lowest BCUT2D eigenvalue weighted by molar-refractivity contribution is 0.109. The average Bonchev–Trinajstić information content (AvgIpc) is 2.38. The van der Waals surface area contributed by atoms with Crippen LogP contribution in [-0.4, -0.2) is 24.6 Å². The number of nitriles is 1. The number of carbonyl (C=O) groups excluding carboxylic acids is 1. The van der Waals surface area contributed by atoms with Crippen LogP contribution in [0.4, 0.5) is 9.18 Å². The topological polar surface area (TPSA) is 53.3 Å². The van der Waals surface area contributed by atoms with Crippen molar-refractivity contribution < 1.29 is 13.9 Å². The highest BCUT2D eigenvalue weighted by Crippen LogP contribution is 2.12. The van der Waals surface area contributed by atoms with Gasteiger partial charge in [0.05, 0.1) is 24.8 Å². The van der Waals surface area contributed by atoms with E-state index in [-0.39, 0.29) is 6.54 Å². The van der Waals surface area contributed by atoms with E-state index in [9.17, 15) is 9.18 Å². The minimum atomic E-state index is -0.501. The Balaban J connectivity index is 2.72. The van der Waals surface area contributed by atoms with Crippen LogP contribution in [0.15, 0.2) is 18.2 Å². The summed E-state index contributed by atoms with van der Waals surface area (Å²) in [4.78, 5) is 12.8. The average molecular weight is 250 g/mol. The van der Waals surface area contributed by atoms with E-state index >= 15 is 0 Å². The second-order valence-electron chi connectivity index (χ2n) is 3.89. The molecule has 1 rings (SSSR count). The zero-order valence-corrected chi connectivity index (χ0v) is 10.4. The Bertz CT molecular complexity index is 469. The summed E-state index contributed by atoms with van der Waals surface area (Å²) >= 11 is 0. The molecule has 0 bridgehead atoms. The number of amides is 1. The first-order valence-corrected chi connectivity index (χ1v) is 5.65. The van der Waals surface area contributed by atoms with Gasteiger partial charge in [0.2, 0.25) is 0 Å². The first-order valence-electron chi connectivity index (χ1n) is 5.65. The van der Waals surface area contributed by atoms with Gasteiger partial charge < -0.3 is 9.64 Å². The van der Waals surface area contributed by atoms with Crippen LogP contribution in [0, 0.1) is 17.1 Å². The standard InChI is InChI=1S/C13H15FN2O2/c1-3-6-18-13(17)16(2)9-11-7-10(8-15)4-5-12(11)14/h4-5,7H,3,6,9H2,1-2H3. The van der Waals surface area contributed by atoms with Gasteiger partial charge in [0.25, 0.3) is 0 Å². The van der Waals surface area contributed by atoms with E-state index in [4.69, 9.17) is 10.00 Å². The number of carbonyl (C=O) groups is 1. The molecule has 0 spiro atoms. The fourth-order valence-electron chi connectivity index (χ4n) is 1.39. The Labute approximate surface area is 106 Å². The first-order chi connectivity index (χ1) is 8.58. The van der Waals surface area contributed by atoms with E-state index in [2.05, 4.69) is 0 Å². The molecule has 0 aliphatic heterocycles. The lowest BCUT2D eigenvalue weighted by Crippen LogP contribution is -2.27. The number of hydrogen-bond donors (Lipinski definition) is 0. The van der Waals surface area contributed by atoms with Crippen LogP contribution < -0.4 is 0 Å². The van der Waals surface area contributed by atoms with Crippen molar-refractivity contribution in [2.24, 2.45) is 0 Å². The van der Waals surface area contributed by atoms with Crippen LogP contribution in [0.2, 0.25) is 0 Å². The summed E-state index contributed by atoms with van der Waals surface area (Å²) < 4.78 is 18.4. The highest BCUT2D eigenvalue weighted by molar-refractivity contribution is 5.67. The van der Waals surface area contributed by atoms with Gasteiger partial charge in [-0.05, 0) is 24.6 Å². The second kappa shape index (κ2) is 6.60. The van der Waals surface area contributed by atoms with Gasteiger partial charge in [0.1, 0.15) is 5.82 Å². The molecule has 96 valence electrons. The van der Waals surface area contributed by atoms with E-state index in [1.807, 2.05) is 13.0 Å². The van der Waals surface area contributed by atoms with E-state index in [0.717, 1.165) is 6.42 Å². The molecule has 5 heteroatoms. The molecule has 1 aromatic rings. The summed E-state index contributed by atoms with van der Waals surface area (Å²) in [5.74, 6) is -0.441. The number of hydrogen-bond acceptors (Lipinski definition) is 3. The molecule has 1 aromatic carbocycles. The number of nitrogens with zero attached hydrogens (tertiary/aromatic N) is 2. The van der Waals surface area contributed by atoms with E-state index < -0.39 is 11.9 Å². The van der Waals surface area contributed by atoms with Gasteiger partial charge in [-0.1, -0.05) is 6.92 Å². The molecule has 0 radical (unpaired) electrons. The maximum absolute atomic E-state index is 13.5. The lowest BCUT2D eigenvalue weighted by Gasteiger charge is -2.17. The SMILES string of the molecule is CCCOC(=O)N(C)Cc1cc(C#N)ccc1F. The van der Waals surface area contributed by atoms with Crippen molar-refractivity contribution in [3.8, 4) is 6.07 Å². The summed E-state index contributed by atoms with van der Waals surface area (Å²) in [7, 11) is 1.52. The van der Waals surface area contributed by atoms with Crippen molar-refractivity contribution in [3.63, 3.8) is 0 Å². The van der Waals surface area contributed by atoms with Crippen LogP contribution in [0.3, 0.4) is 0 Å². The van der Waals surface area contributed by atoms with E-state index in [0.29, 0.717) is 17.7 Å². The molecule has 0 atom stereocenters. The van der Waals surface area contributed by atoms with Crippen LogP contribution in [0.25, 0.3) is 0 Å². The van der Waals surface area contributed by atoms with Crippen LogP contribution >= 0.6 is 0 Å². The third kappa shape index (κ3) is 3.74. The van der Waals surface area contributed by atoms with Gasteiger partial charge in [-0.15, -0.1) is 0 Å². The molecule has 0 saturated carbocycles. The van der Waals surface area contributed by atoms with Gasteiger partial charge in [0.15, 0.2) is 0 Å². The predicted molar refractivity (Wildman–Crippen MR) is 64.2 cm³/mol. The summed E-state index contributed by atoms with van der Waals surface area (Å²) in [6.45, 7) is 2.30. The quantitative estimate of drug-likeness (QED) is 0.825. The van der Waals surface area contributed by atoms with Gasteiger partial charge >= 0.3 is 6.09 Å². The maximum Gasteiger partial charge on any atom is 0.409 e. The molecule has 0 fully saturated rings. The van der Waals surface area contributed by atoms with Crippen molar-refractivity contribution in [1.29, 1.82) is 5.26 Å². The van der Waals surface area contributed by atoms with Gasteiger partial charge in [-0.3, -0.25) is 0 Å². The summed E-state index contributed by atoms with van der Waals surface area (Å²) in [5, 5.41) is 8.73. The number of ether oxygens (including phenoxy) is 1. The number of rotatable bonds is 4. The first kappa shape index (κ1) is 14.0. The molecule has 0 unspecified atom stereocenters. The van der Waals surface area contributed by atoms with Crippen LogP contribution in [0.5, 0.6) is 0 Å². The van der Waals surface area contributed by atoms with E-state index in [1.165, 1.54) is 30.1 Å². The Kier molecular flexibility index (Phi) is 5.12. The molecular formula is C13H15FN2O2. The van der Waals surface area contributed by atoms with Crippen molar-refractivity contribution in [2.75, 3.05) is 13.7 Å². The maximum atomic E-state index is 13.5. The Morgan fingerprint density at radius 2 is 2.28 bits per heavy atom. The molecule has 4 nitrogen and oxygen atoms in total. The Hall–Kier alpha value is -2.09. The highest BCUT2D eigenvalue weighted by Gasteiger charge is 2.13. The van der Waals surface area contributed by atoms with Crippen LogP contribution in [0.1, 0.15) is 24.5 Å². The second-order valence-corrected chi connectivity index (χ2v) is 3.89. The largest absolute Gasteiger partial charge is 0.449 e. The monoisotopic (exact) mass is 250 g/mol. The van der Waals surface area contributed by atoms with Gasteiger partial charge in [-0.2, -0.15) is 5.26 Å². The third-order valence-electron chi connectivity index (χ3n) is 2.32. The fraction of sp³-hybridized carbons (Fsp3) is 0.385. The molecular weight excluding hydrogens is 235 g/mol. The molecule has 18 heavy (non-hydrogen) atoms. The molecule has 0 aromatic heterocycles.